The van der Waals surface area contributed by atoms with E-state index in [9.17, 15) is 9.59 Å². The summed E-state index contributed by atoms with van der Waals surface area (Å²) in [6, 6.07) is 35.8. The van der Waals surface area contributed by atoms with Gasteiger partial charge in [-0.1, -0.05) is 108 Å². The number of aromatic nitrogens is 1. The first-order valence-corrected chi connectivity index (χ1v) is 14.4. The van der Waals surface area contributed by atoms with Gasteiger partial charge in [-0.05, 0) is 21.9 Å². The number of amides is 2. The quantitative estimate of drug-likeness (QED) is 0.241. The van der Waals surface area contributed by atoms with E-state index in [-0.39, 0.29) is 31.4 Å². The molecule has 6 rings (SSSR count). The van der Waals surface area contributed by atoms with Gasteiger partial charge in [0.1, 0.15) is 12.2 Å². The molecule has 1 aliphatic rings. The van der Waals surface area contributed by atoms with Gasteiger partial charge in [0.05, 0.1) is 25.8 Å². The van der Waals surface area contributed by atoms with Crippen molar-refractivity contribution in [1.82, 2.24) is 25.4 Å². The van der Waals surface area contributed by atoms with Gasteiger partial charge in [0, 0.05) is 24.7 Å². The molecule has 1 saturated heterocycles. The lowest BCUT2D eigenvalue weighted by atomic mass is 10.0. The second kappa shape index (κ2) is 13.0. The zero-order valence-corrected chi connectivity index (χ0v) is 23.8. The van der Waals surface area contributed by atoms with E-state index in [2.05, 4.69) is 28.8 Å². The van der Waals surface area contributed by atoms with Crippen LogP contribution in [0.1, 0.15) is 16.9 Å². The zero-order valence-electron chi connectivity index (χ0n) is 23.8. The van der Waals surface area contributed by atoms with E-state index in [1.165, 1.54) is 4.90 Å². The van der Waals surface area contributed by atoms with Gasteiger partial charge in [-0.15, -0.1) is 0 Å². The number of nitrogens with one attached hydrogen (secondary N) is 1. The summed E-state index contributed by atoms with van der Waals surface area (Å²) < 4.78 is 5.63. The minimum Gasteiger partial charge on any atom is -0.359 e. The molecule has 1 aromatic heterocycles. The summed E-state index contributed by atoms with van der Waals surface area (Å²) in [5.41, 5.74) is 13.6. The Kier molecular flexibility index (Phi) is 8.55. The lowest BCUT2D eigenvalue weighted by molar-refractivity contribution is -0.150. The summed E-state index contributed by atoms with van der Waals surface area (Å²) in [6.45, 7) is 1.43. The molecule has 1 unspecified atom stereocenters. The first-order valence-electron chi connectivity index (χ1n) is 14.4. The van der Waals surface area contributed by atoms with Crippen LogP contribution in [0.3, 0.4) is 0 Å². The second-order valence-corrected chi connectivity index (χ2v) is 10.7. The Morgan fingerprint density at radius 1 is 0.953 bits per heavy atom. The Bertz CT molecular complexity index is 1690. The zero-order chi connectivity index (χ0) is 29.6. The number of rotatable bonds is 10. The molecule has 0 bridgehead atoms. The molecule has 43 heavy (non-hydrogen) atoms. The molecule has 0 aliphatic carbocycles. The van der Waals surface area contributed by atoms with Gasteiger partial charge in [0.2, 0.25) is 11.8 Å². The number of benzene rings is 4. The van der Waals surface area contributed by atoms with Crippen LogP contribution >= 0.6 is 0 Å². The first-order chi connectivity index (χ1) is 21.0. The molecule has 2 heterocycles. The molecule has 2 amide bonds. The van der Waals surface area contributed by atoms with Gasteiger partial charge in [-0.2, -0.15) is 0 Å². The average Bonchev–Trinajstić information content (AvgIpc) is 3.51. The number of hydrogen-bond acceptors (Lipinski definition) is 7. The Morgan fingerprint density at radius 3 is 2.49 bits per heavy atom. The fourth-order valence-corrected chi connectivity index (χ4v) is 5.39. The fourth-order valence-electron chi connectivity index (χ4n) is 5.39. The predicted octanol–water partition coefficient (Wildman–Crippen LogP) is 4.16. The van der Waals surface area contributed by atoms with Crippen molar-refractivity contribution in [3.8, 4) is 11.3 Å². The van der Waals surface area contributed by atoms with Crippen molar-refractivity contribution in [3.63, 3.8) is 0 Å². The van der Waals surface area contributed by atoms with Gasteiger partial charge >= 0.3 is 0 Å². The van der Waals surface area contributed by atoms with Crippen molar-refractivity contribution >= 4 is 22.6 Å². The van der Waals surface area contributed by atoms with E-state index in [1.807, 2.05) is 91.0 Å². The summed E-state index contributed by atoms with van der Waals surface area (Å²) in [5.74, 6) is 0.232. The lowest BCUT2D eigenvalue weighted by Crippen LogP contribution is -2.62. The molecular formula is C34H34N6O3. The number of nitrogens with zero attached hydrogens (tertiary/aromatic N) is 4. The number of hydrogen-bond donors (Lipinski definition) is 2. The molecule has 1 atom stereocenters. The number of nitrogens with two attached hydrogens (primary N) is 1. The highest BCUT2D eigenvalue weighted by Crippen LogP contribution is 2.22. The standard InChI is InChI=1S/C34H34N6O3/c35-32-22-38(20-28-16-9-15-26-12-7-8-17-30(26)28)33(41)24-40(32)34(42)23-39(36-19-25-10-3-1-4-11-25)21-29-18-31(37-43-29)27-13-5-2-6-14-27/h1-18,32,36H,19-24,35H2. The van der Waals surface area contributed by atoms with Crippen molar-refractivity contribution in [2.45, 2.75) is 25.8 Å². The number of piperazine rings is 1. The molecular weight excluding hydrogens is 540 g/mol. The van der Waals surface area contributed by atoms with Crippen LogP contribution in [0.4, 0.5) is 0 Å². The highest BCUT2D eigenvalue weighted by molar-refractivity contribution is 5.89. The summed E-state index contributed by atoms with van der Waals surface area (Å²) >= 11 is 0. The van der Waals surface area contributed by atoms with E-state index in [0.717, 1.165) is 33.2 Å². The highest BCUT2D eigenvalue weighted by Gasteiger charge is 2.34. The van der Waals surface area contributed by atoms with E-state index in [4.69, 9.17) is 10.3 Å². The Labute approximate surface area is 250 Å². The molecule has 1 aliphatic heterocycles. The van der Waals surface area contributed by atoms with Gasteiger partial charge in [-0.25, -0.2) is 10.4 Å². The maximum Gasteiger partial charge on any atom is 0.242 e. The number of carbonyl (C=O) groups is 2. The fraction of sp³-hybridized carbons (Fsp3) is 0.206. The topological polar surface area (TPSA) is 108 Å². The normalized spacial score (nSPS) is 15.4. The molecule has 9 heteroatoms. The van der Waals surface area contributed by atoms with Crippen LogP contribution in [0.15, 0.2) is 114 Å². The summed E-state index contributed by atoms with van der Waals surface area (Å²) in [7, 11) is 0. The third-order valence-corrected chi connectivity index (χ3v) is 7.68. The smallest absolute Gasteiger partial charge is 0.242 e. The van der Waals surface area contributed by atoms with Gasteiger partial charge in [0.25, 0.3) is 0 Å². The van der Waals surface area contributed by atoms with Gasteiger partial charge < -0.3 is 20.1 Å². The third-order valence-electron chi connectivity index (χ3n) is 7.68. The monoisotopic (exact) mass is 574 g/mol. The van der Waals surface area contributed by atoms with Crippen molar-refractivity contribution in [3.05, 3.63) is 126 Å². The van der Waals surface area contributed by atoms with Crippen LogP contribution in [-0.2, 0) is 29.2 Å². The number of fused-ring (bicyclic) bond motifs is 1. The molecule has 0 saturated carbocycles. The summed E-state index contributed by atoms with van der Waals surface area (Å²) in [4.78, 5) is 30.0. The number of carbonyl (C=O) groups excluding carboxylic acids is 2. The SMILES string of the molecule is NC1CN(Cc2cccc3ccccc23)C(=O)CN1C(=O)CN(Cc1cc(-c2ccccc2)no1)NCc1ccccc1. The van der Waals surface area contributed by atoms with E-state index < -0.39 is 6.17 Å². The largest absolute Gasteiger partial charge is 0.359 e. The maximum atomic E-state index is 13.6. The highest BCUT2D eigenvalue weighted by atomic mass is 16.5. The maximum absolute atomic E-state index is 13.6. The molecule has 1 fully saturated rings. The third kappa shape index (κ3) is 6.81. The van der Waals surface area contributed by atoms with Crippen LogP contribution in [0.2, 0.25) is 0 Å². The molecule has 9 nitrogen and oxygen atoms in total. The molecule has 4 aromatic carbocycles. The van der Waals surface area contributed by atoms with Crippen molar-refractivity contribution < 1.29 is 14.1 Å². The van der Waals surface area contributed by atoms with Gasteiger partial charge in [-0.3, -0.25) is 9.59 Å². The molecule has 5 aromatic rings. The van der Waals surface area contributed by atoms with Crippen LogP contribution < -0.4 is 11.2 Å². The molecule has 218 valence electrons. The first kappa shape index (κ1) is 28.3. The molecule has 0 spiro atoms. The van der Waals surface area contributed by atoms with Gasteiger partial charge in [0.15, 0.2) is 5.76 Å². The summed E-state index contributed by atoms with van der Waals surface area (Å²) in [6.07, 6.45) is -0.619. The Balaban J connectivity index is 1.13. The van der Waals surface area contributed by atoms with Crippen LogP contribution in [-0.4, -0.2) is 57.6 Å². The van der Waals surface area contributed by atoms with Crippen LogP contribution in [0.25, 0.3) is 22.0 Å². The Hall–Kier alpha value is -4.83. The van der Waals surface area contributed by atoms with Crippen LogP contribution in [0.5, 0.6) is 0 Å². The predicted molar refractivity (Wildman–Crippen MR) is 165 cm³/mol. The van der Waals surface area contributed by atoms with Crippen molar-refractivity contribution in [2.24, 2.45) is 5.73 Å². The van der Waals surface area contributed by atoms with E-state index >= 15 is 0 Å². The second-order valence-electron chi connectivity index (χ2n) is 10.7. The van der Waals surface area contributed by atoms with E-state index in [0.29, 0.717) is 25.4 Å². The van der Waals surface area contributed by atoms with E-state index in [1.54, 1.807) is 9.91 Å². The average molecular weight is 575 g/mol. The lowest BCUT2D eigenvalue weighted by Gasteiger charge is -2.40. The molecule has 0 radical (unpaired) electrons. The molecule has 3 N–H and O–H groups in total. The Morgan fingerprint density at radius 2 is 1.67 bits per heavy atom. The van der Waals surface area contributed by atoms with Crippen molar-refractivity contribution in [2.75, 3.05) is 19.6 Å². The minimum atomic E-state index is -0.619. The summed E-state index contributed by atoms with van der Waals surface area (Å²) in [5, 5.41) is 8.22. The number of hydrazine groups is 1. The minimum absolute atomic E-state index is 0.00148. The van der Waals surface area contributed by atoms with Crippen LogP contribution in [0, 0.1) is 0 Å². The van der Waals surface area contributed by atoms with Crippen molar-refractivity contribution in [1.29, 1.82) is 0 Å².